The number of nitriles is 1. The van der Waals surface area contributed by atoms with Crippen molar-refractivity contribution in [2.75, 3.05) is 13.2 Å². The minimum atomic E-state index is 0.666. The van der Waals surface area contributed by atoms with Crippen LogP contribution in [-0.2, 0) is 18.2 Å². The van der Waals surface area contributed by atoms with E-state index in [0.717, 1.165) is 36.3 Å². The second-order valence-electron chi connectivity index (χ2n) is 4.26. The molecule has 0 amide bonds. The smallest absolute Gasteiger partial charge is 0.111 e. The number of rotatable bonds is 5. The lowest BCUT2D eigenvalue weighted by Gasteiger charge is -2.03. The SMILES string of the molecule is CCCOCCc1nc2ccc(C#N)cc2n1C. The zero-order chi connectivity index (χ0) is 13.0. The zero-order valence-corrected chi connectivity index (χ0v) is 10.8. The van der Waals surface area contributed by atoms with E-state index in [2.05, 4.69) is 18.0 Å². The average Bonchev–Trinajstić information content (AvgIpc) is 2.71. The molecule has 0 radical (unpaired) electrons. The second kappa shape index (κ2) is 5.65. The van der Waals surface area contributed by atoms with Crippen LogP contribution in [-0.4, -0.2) is 22.8 Å². The highest BCUT2D eigenvalue weighted by atomic mass is 16.5. The normalized spacial score (nSPS) is 10.7. The summed E-state index contributed by atoms with van der Waals surface area (Å²) in [5.74, 6) is 0.996. The average molecular weight is 243 g/mol. The molecule has 4 heteroatoms. The van der Waals surface area contributed by atoms with Crippen LogP contribution in [0.1, 0.15) is 24.7 Å². The summed E-state index contributed by atoms with van der Waals surface area (Å²) in [6.07, 6.45) is 1.83. The molecule has 0 saturated heterocycles. The van der Waals surface area contributed by atoms with Gasteiger partial charge in [-0.05, 0) is 24.6 Å². The molecule has 1 aromatic heterocycles. The van der Waals surface area contributed by atoms with E-state index in [0.29, 0.717) is 12.2 Å². The fraction of sp³-hybridized carbons (Fsp3) is 0.429. The Bertz CT molecular complexity index is 580. The van der Waals surface area contributed by atoms with E-state index < -0.39 is 0 Å². The maximum Gasteiger partial charge on any atom is 0.111 e. The quantitative estimate of drug-likeness (QED) is 0.758. The van der Waals surface area contributed by atoms with E-state index in [1.807, 2.05) is 23.7 Å². The first-order valence-electron chi connectivity index (χ1n) is 6.19. The van der Waals surface area contributed by atoms with Gasteiger partial charge in [-0.15, -0.1) is 0 Å². The lowest BCUT2D eigenvalue weighted by Crippen LogP contribution is -2.04. The molecule has 0 saturated carbocycles. The third-order valence-electron chi connectivity index (χ3n) is 2.92. The topological polar surface area (TPSA) is 50.8 Å². The maximum atomic E-state index is 8.90. The third-order valence-corrected chi connectivity index (χ3v) is 2.92. The van der Waals surface area contributed by atoms with Crippen LogP contribution in [0.4, 0.5) is 0 Å². The van der Waals surface area contributed by atoms with Gasteiger partial charge in [0.2, 0.25) is 0 Å². The Morgan fingerprint density at radius 2 is 2.22 bits per heavy atom. The van der Waals surface area contributed by atoms with Crippen molar-refractivity contribution >= 4 is 11.0 Å². The number of aromatic nitrogens is 2. The summed E-state index contributed by atoms with van der Waals surface area (Å²) >= 11 is 0. The molecule has 0 N–H and O–H groups in total. The first-order valence-corrected chi connectivity index (χ1v) is 6.19. The van der Waals surface area contributed by atoms with E-state index in [4.69, 9.17) is 10.00 Å². The van der Waals surface area contributed by atoms with Crippen LogP contribution >= 0.6 is 0 Å². The number of fused-ring (bicyclic) bond motifs is 1. The van der Waals surface area contributed by atoms with Gasteiger partial charge in [-0.2, -0.15) is 5.26 Å². The number of hydrogen-bond acceptors (Lipinski definition) is 3. The van der Waals surface area contributed by atoms with Crippen molar-refractivity contribution in [3.63, 3.8) is 0 Å². The van der Waals surface area contributed by atoms with Crippen LogP contribution in [0.2, 0.25) is 0 Å². The lowest BCUT2D eigenvalue weighted by atomic mass is 10.2. The van der Waals surface area contributed by atoms with Crippen molar-refractivity contribution in [1.29, 1.82) is 5.26 Å². The summed E-state index contributed by atoms with van der Waals surface area (Å²) in [6.45, 7) is 3.58. The van der Waals surface area contributed by atoms with Crippen LogP contribution < -0.4 is 0 Å². The number of aryl methyl sites for hydroxylation is 1. The van der Waals surface area contributed by atoms with Crippen LogP contribution in [0.25, 0.3) is 11.0 Å². The Morgan fingerprint density at radius 3 is 2.94 bits per heavy atom. The molecule has 0 atom stereocenters. The van der Waals surface area contributed by atoms with Crippen molar-refractivity contribution in [2.45, 2.75) is 19.8 Å². The van der Waals surface area contributed by atoms with Crippen LogP contribution in [0.5, 0.6) is 0 Å². The molecule has 0 spiro atoms. The Morgan fingerprint density at radius 1 is 1.39 bits per heavy atom. The van der Waals surface area contributed by atoms with Crippen LogP contribution in [0, 0.1) is 11.3 Å². The van der Waals surface area contributed by atoms with Crippen molar-refractivity contribution in [2.24, 2.45) is 7.05 Å². The molecule has 0 aliphatic rings. The number of nitrogens with zero attached hydrogens (tertiary/aromatic N) is 3. The summed E-state index contributed by atoms with van der Waals surface area (Å²) < 4.78 is 7.51. The molecular weight excluding hydrogens is 226 g/mol. The Labute approximate surface area is 107 Å². The molecule has 0 bridgehead atoms. The molecule has 1 aromatic carbocycles. The van der Waals surface area contributed by atoms with E-state index in [1.54, 1.807) is 6.07 Å². The molecule has 0 fully saturated rings. The molecule has 0 aliphatic carbocycles. The second-order valence-corrected chi connectivity index (χ2v) is 4.26. The number of ether oxygens (including phenoxy) is 1. The summed E-state index contributed by atoms with van der Waals surface area (Å²) in [4.78, 5) is 4.56. The highest BCUT2D eigenvalue weighted by Gasteiger charge is 2.08. The first-order chi connectivity index (χ1) is 8.76. The molecule has 94 valence electrons. The Hall–Kier alpha value is -1.86. The van der Waals surface area contributed by atoms with Gasteiger partial charge >= 0.3 is 0 Å². The van der Waals surface area contributed by atoms with Gasteiger partial charge in [-0.3, -0.25) is 0 Å². The van der Waals surface area contributed by atoms with Gasteiger partial charge in [0.05, 0.1) is 29.3 Å². The minimum Gasteiger partial charge on any atom is -0.381 e. The van der Waals surface area contributed by atoms with Gasteiger partial charge in [0, 0.05) is 20.1 Å². The van der Waals surface area contributed by atoms with Gasteiger partial charge in [-0.1, -0.05) is 6.92 Å². The number of benzene rings is 1. The van der Waals surface area contributed by atoms with Gasteiger partial charge < -0.3 is 9.30 Å². The molecule has 2 rings (SSSR count). The highest BCUT2D eigenvalue weighted by molar-refractivity contribution is 5.77. The van der Waals surface area contributed by atoms with E-state index in [1.165, 1.54) is 0 Å². The molecule has 18 heavy (non-hydrogen) atoms. The first kappa shape index (κ1) is 12.6. The van der Waals surface area contributed by atoms with E-state index in [9.17, 15) is 0 Å². The van der Waals surface area contributed by atoms with Crippen LogP contribution in [0.3, 0.4) is 0 Å². The molecular formula is C14H17N3O. The van der Waals surface area contributed by atoms with Crippen LogP contribution in [0.15, 0.2) is 18.2 Å². The largest absolute Gasteiger partial charge is 0.381 e. The Kier molecular flexibility index (Phi) is 3.96. The summed E-state index contributed by atoms with van der Waals surface area (Å²) in [6, 6.07) is 7.71. The minimum absolute atomic E-state index is 0.666. The van der Waals surface area contributed by atoms with Crippen molar-refractivity contribution < 1.29 is 4.74 Å². The number of hydrogen-bond donors (Lipinski definition) is 0. The van der Waals surface area contributed by atoms with Crippen molar-refractivity contribution in [1.82, 2.24) is 9.55 Å². The monoisotopic (exact) mass is 243 g/mol. The predicted molar refractivity (Wildman–Crippen MR) is 70.2 cm³/mol. The molecule has 1 heterocycles. The number of imidazole rings is 1. The zero-order valence-electron chi connectivity index (χ0n) is 10.8. The summed E-state index contributed by atoms with van der Waals surface area (Å²) in [7, 11) is 1.98. The van der Waals surface area contributed by atoms with E-state index >= 15 is 0 Å². The van der Waals surface area contributed by atoms with Gasteiger partial charge in [0.1, 0.15) is 5.82 Å². The molecule has 4 nitrogen and oxygen atoms in total. The molecule has 0 aliphatic heterocycles. The van der Waals surface area contributed by atoms with Gasteiger partial charge in [-0.25, -0.2) is 4.98 Å². The fourth-order valence-electron chi connectivity index (χ4n) is 1.94. The van der Waals surface area contributed by atoms with Gasteiger partial charge in [0.15, 0.2) is 0 Å². The summed E-state index contributed by atoms with van der Waals surface area (Å²) in [5, 5.41) is 8.90. The highest BCUT2D eigenvalue weighted by Crippen LogP contribution is 2.16. The predicted octanol–water partition coefficient (Wildman–Crippen LogP) is 2.41. The molecule has 2 aromatic rings. The third kappa shape index (κ3) is 2.52. The fourth-order valence-corrected chi connectivity index (χ4v) is 1.94. The maximum absolute atomic E-state index is 8.90. The Balaban J connectivity index is 2.20. The standard InChI is InChI=1S/C14H17N3O/c1-3-7-18-8-6-14-16-12-5-4-11(10-15)9-13(12)17(14)2/h4-5,9H,3,6-8H2,1-2H3. The van der Waals surface area contributed by atoms with Crippen molar-refractivity contribution in [3.8, 4) is 6.07 Å². The lowest BCUT2D eigenvalue weighted by molar-refractivity contribution is 0.136. The van der Waals surface area contributed by atoms with Gasteiger partial charge in [0.25, 0.3) is 0 Å². The molecule has 0 unspecified atom stereocenters. The summed E-state index contributed by atoms with van der Waals surface area (Å²) in [5.41, 5.74) is 2.60. The van der Waals surface area contributed by atoms with E-state index in [-0.39, 0.29) is 0 Å². The van der Waals surface area contributed by atoms with Crippen molar-refractivity contribution in [3.05, 3.63) is 29.6 Å².